The van der Waals surface area contributed by atoms with E-state index < -0.39 is 38.2 Å². The maximum absolute atomic E-state index is 12.4. The van der Waals surface area contributed by atoms with Gasteiger partial charge in [0, 0.05) is 6.54 Å². The minimum atomic E-state index is -3.54. The van der Waals surface area contributed by atoms with Crippen LogP contribution in [0.1, 0.15) is 30.7 Å². The van der Waals surface area contributed by atoms with E-state index in [0.717, 1.165) is 11.0 Å². The van der Waals surface area contributed by atoms with Crippen LogP contribution in [0.3, 0.4) is 0 Å². The maximum Gasteiger partial charge on any atom is 0.405 e. The predicted molar refractivity (Wildman–Crippen MR) is 83.3 cm³/mol. The molecule has 1 fully saturated rings. The van der Waals surface area contributed by atoms with Gasteiger partial charge in [0.25, 0.3) is 5.91 Å². The van der Waals surface area contributed by atoms with Crippen molar-refractivity contribution in [1.29, 1.82) is 0 Å². The molecule has 4 atom stereocenters. The van der Waals surface area contributed by atoms with Gasteiger partial charge >= 0.3 is 7.75 Å². The topological polar surface area (TPSA) is 171 Å². The van der Waals surface area contributed by atoms with Gasteiger partial charge in [-0.05, 0) is 13.8 Å². The Labute approximate surface area is 143 Å². The zero-order valence-electron chi connectivity index (χ0n) is 13.8. The number of carbonyl (C=O) groups excluding carboxylic acids is 1. The quantitative estimate of drug-likeness (QED) is 0.381. The molecule has 0 radical (unpaired) electrons. The molecule has 5 N–H and O–H groups in total. The lowest BCUT2D eigenvalue weighted by molar-refractivity contribution is -0.0432. The largest absolute Gasteiger partial charge is 0.405 e. The van der Waals surface area contributed by atoms with Gasteiger partial charge in [-0.2, -0.15) is 0 Å². The van der Waals surface area contributed by atoms with Gasteiger partial charge in [0.2, 0.25) is 5.82 Å². The molecule has 12 nitrogen and oxygen atoms in total. The van der Waals surface area contributed by atoms with Crippen LogP contribution in [0.25, 0.3) is 0 Å². The number of nitrogens with one attached hydrogen (secondary N) is 1. The van der Waals surface area contributed by atoms with E-state index in [1.807, 2.05) is 0 Å². The highest BCUT2D eigenvalue weighted by Gasteiger charge is 2.45. The molecule has 1 unspecified atom stereocenters. The molecular weight excluding hydrogens is 357 g/mol. The highest BCUT2D eigenvalue weighted by atomic mass is 31.2. The number of carbonyl (C=O) groups is 1. The number of rotatable bonds is 9. The summed E-state index contributed by atoms with van der Waals surface area (Å²) in [6, 6.07) is 0. The van der Waals surface area contributed by atoms with Crippen LogP contribution >= 0.6 is 7.75 Å². The number of aliphatic hydroxyl groups is 2. The predicted octanol–water partition coefficient (Wildman–Crippen LogP) is -1.23. The third kappa shape index (κ3) is 4.61. The van der Waals surface area contributed by atoms with Gasteiger partial charge in [-0.1, -0.05) is 0 Å². The van der Waals surface area contributed by atoms with E-state index >= 15 is 0 Å². The summed E-state index contributed by atoms with van der Waals surface area (Å²) in [4.78, 5) is 14.7. The first-order valence-corrected chi connectivity index (χ1v) is 9.22. The lowest BCUT2D eigenvalue weighted by Gasteiger charge is -2.21. The third-order valence-electron chi connectivity index (χ3n) is 3.41. The molecule has 13 heteroatoms. The summed E-state index contributed by atoms with van der Waals surface area (Å²) in [6.07, 6.45) is -3.48. The van der Waals surface area contributed by atoms with E-state index in [-0.39, 0.29) is 25.6 Å². The van der Waals surface area contributed by atoms with E-state index in [4.69, 9.17) is 19.5 Å². The Morgan fingerprint density at radius 3 is 2.56 bits per heavy atom. The van der Waals surface area contributed by atoms with Crippen molar-refractivity contribution < 1.29 is 33.4 Å². The van der Waals surface area contributed by atoms with Crippen LogP contribution < -0.4 is 10.8 Å². The summed E-state index contributed by atoms with van der Waals surface area (Å²) >= 11 is 0. The molecule has 1 aliphatic rings. The van der Waals surface area contributed by atoms with Crippen molar-refractivity contribution in [2.24, 2.45) is 5.73 Å². The molecule has 1 saturated heterocycles. The van der Waals surface area contributed by atoms with Crippen molar-refractivity contribution in [3.8, 4) is 0 Å². The highest BCUT2D eigenvalue weighted by Crippen LogP contribution is 2.43. The smallest absolute Gasteiger partial charge is 0.387 e. The van der Waals surface area contributed by atoms with E-state index in [2.05, 4.69) is 15.2 Å². The number of aliphatic hydroxyl groups excluding tert-OH is 2. The molecule has 0 saturated carbocycles. The third-order valence-corrected chi connectivity index (χ3v) is 5.18. The first kappa shape index (κ1) is 19.9. The Balaban J connectivity index is 2.03. The molecule has 0 aliphatic carbocycles. The summed E-state index contributed by atoms with van der Waals surface area (Å²) in [5, 5.41) is 26.6. The minimum absolute atomic E-state index is 0.108. The number of ether oxygens (including phenoxy) is 1. The van der Waals surface area contributed by atoms with Gasteiger partial charge in [0.1, 0.15) is 24.6 Å². The Bertz CT molecular complexity index is 631. The summed E-state index contributed by atoms with van der Waals surface area (Å²) in [5.74, 6) is -1.08. The second-order valence-corrected chi connectivity index (χ2v) is 6.98. The molecule has 0 bridgehead atoms. The van der Waals surface area contributed by atoms with Crippen molar-refractivity contribution in [1.82, 2.24) is 19.9 Å². The lowest BCUT2D eigenvalue weighted by Crippen LogP contribution is -2.37. The monoisotopic (exact) mass is 379 g/mol. The van der Waals surface area contributed by atoms with Crippen LogP contribution in [0.15, 0.2) is 6.33 Å². The average molecular weight is 379 g/mol. The van der Waals surface area contributed by atoms with E-state index in [1.165, 1.54) is 0 Å². The molecule has 2 rings (SSSR count). The molecule has 2 heterocycles. The van der Waals surface area contributed by atoms with Crippen LogP contribution in [0.4, 0.5) is 0 Å². The van der Waals surface area contributed by atoms with Crippen LogP contribution in [0.5, 0.6) is 0 Å². The van der Waals surface area contributed by atoms with Gasteiger partial charge in [0.15, 0.2) is 6.23 Å². The van der Waals surface area contributed by atoms with E-state index in [9.17, 15) is 19.6 Å². The Morgan fingerprint density at radius 2 is 2.04 bits per heavy atom. The molecule has 1 aromatic heterocycles. The van der Waals surface area contributed by atoms with Crippen LogP contribution in [-0.4, -0.2) is 69.0 Å². The Hall–Kier alpha value is -1.40. The molecular formula is C12H22N5O7P. The number of primary amides is 1. The number of aromatic nitrogens is 3. The molecule has 1 aromatic rings. The first-order chi connectivity index (χ1) is 11.8. The fraction of sp³-hybridized carbons (Fsp3) is 0.750. The van der Waals surface area contributed by atoms with Crippen molar-refractivity contribution in [3.05, 3.63) is 12.2 Å². The number of nitrogens with zero attached hydrogens (tertiary/aromatic N) is 3. The summed E-state index contributed by atoms with van der Waals surface area (Å²) < 4.78 is 29.1. The molecule has 25 heavy (non-hydrogen) atoms. The zero-order chi connectivity index (χ0) is 18.6. The summed E-state index contributed by atoms with van der Waals surface area (Å²) in [7, 11) is -3.54. The second kappa shape index (κ2) is 8.32. The van der Waals surface area contributed by atoms with Crippen molar-refractivity contribution in [2.75, 3.05) is 19.8 Å². The van der Waals surface area contributed by atoms with Crippen LogP contribution in [0.2, 0.25) is 0 Å². The maximum atomic E-state index is 12.4. The Kier molecular flexibility index (Phi) is 6.63. The average Bonchev–Trinajstić information content (AvgIpc) is 3.13. The van der Waals surface area contributed by atoms with Crippen molar-refractivity contribution >= 4 is 13.7 Å². The zero-order valence-corrected chi connectivity index (χ0v) is 14.7. The van der Waals surface area contributed by atoms with Crippen molar-refractivity contribution in [2.45, 2.75) is 38.4 Å². The van der Waals surface area contributed by atoms with Crippen LogP contribution in [-0.2, 0) is 18.3 Å². The van der Waals surface area contributed by atoms with Gasteiger partial charge in [0.05, 0.1) is 13.2 Å². The van der Waals surface area contributed by atoms with E-state index in [0.29, 0.717) is 0 Å². The number of amides is 1. The molecule has 0 spiro atoms. The summed E-state index contributed by atoms with van der Waals surface area (Å²) in [5.41, 5.74) is 5.07. The second-order valence-electron chi connectivity index (χ2n) is 5.15. The fourth-order valence-corrected chi connectivity index (χ4v) is 3.64. The van der Waals surface area contributed by atoms with Crippen LogP contribution in [0, 0.1) is 0 Å². The van der Waals surface area contributed by atoms with E-state index in [1.54, 1.807) is 13.8 Å². The molecule has 142 valence electrons. The number of hydrogen-bond donors (Lipinski definition) is 4. The molecule has 1 amide bonds. The SMILES string of the molecule is CCOP(=O)(NCC1O[C@@H](n2cnc(C(N)=O)n2)[C@H](O)[C@@H]1O)OCC. The fourth-order valence-electron chi connectivity index (χ4n) is 2.30. The highest BCUT2D eigenvalue weighted by molar-refractivity contribution is 7.51. The summed E-state index contributed by atoms with van der Waals surface area (Å²) in [6.45, 7) is 3.55. The number of nitrogens with two attached hydrogens (primary N) is 1. The standard InChI is InChI=1S/C12H22N5O7P/c1-3-22-25(21,23-4-2)15-5-7-8(18)9(19)12(24-7)17-6-14-11(16-17)10(13)20/h6-9,12,18-19H,3-5H2,1-2H3,(H2,13,20)(H,15,21)/t7?,8-,9-,12-/m1/s1. The normalized spacial score (nSPS) is 26.9. The number of hydrogen-bond acceptors (Lipinski definition) is 9. The van der Waals surface area contributed by atoms with Crippen molar-refractivity contribution in [3.63, 3.8) is 0 Å². The first-order valence-electron chi connectivity index (χ1n) is 7.68. The Morgan fingerprint density at radius 1 is 1.40 bits per heavy atom. The molecule has 1 aliphatic heterocycles. The lowest BCUT2D eigenvalue weighted by atomic mass is 10.1. The van der Waals surface area contributed by atoms with Gasteiger partial charge in [-0.3, -0.25) is 13.8 Å². The molecule has 0 aromatic carbocycles. The minimum Gasteiger partial charge on any atom is -0.387 e. The van der Waals surface area contributed by atoms with Gasteiger partial charge < -0.3 is 20.7 Å². The van der Waals surface area contributed by atoms with Gasteiger partial charge in [-0.25, -0.2) is 19.3 Å². The van der Waals surface area contributed by atoms with Gasteiger partial charge in [-0.15, -0.1) is 5.10 Å².